The summed E-state index contributed by atoms with van der Waals surface area (Å²) in [6.07, 6.45) is 1.89. The Labute approximate surface area is 189 Å². The fourth-order valence-corrected chi connectivity index (χ4v) is 4.21. The topological polar surface area (TPSA) is 75.7 Å². The second kappa shape index (κ2) is 10.3. The maximum absolute atomic E-state index is 12.5. The number of rotatable bonds is 9. The maximum Gasteiger partial charge on any atom is 0.251 e. The summed E-state index contributed by atoms with van der Waals surface area (Å²) in [5, 5.41) is 2.90. The van der Waals surface area contributed by atoms with E-state index in [2.05, 4.69) is 5.32 Å². The molecule has 1 amide bonds. The number of methoxy groups -OCH3 is 1. The molecule has 6 nitrogen and oxygen atoms in total. The van der Waals surface area contributed by atoms with E-state index in [-0.39, 0.29) is 12.5 Å². The normalized spacial score (nSPS) is 11.1. The number of anilines is 1. The van der Waals surface area contributed by atoms with Gasteiger partial charge in [0, 0.05) is 12.1 Å². The molecule has 0 aliphatic carbocycles. The lowest BCUT2D eigenvalue weighted by Gasteiger charge is -2.23. The molecule has 0 aliphatic rings. The SMILES string of the molecule is COc1ccc(CCNC(=O)c2ccc(N(Cc3ccccc3C)S(C)(=O)=O)cc2)cc1. The first-order chi connectivity index (χ1) is 15.3. The van der Waals surface area contributed by atoms with Crippen molar-refractivity contribution in [1.82, 2.24) is 5.32 Å². The van der Waals surface area contributed by atoms with Crippen molar-refractivity contribution in [2.24, 2.45) is 0 Å². The molecule has 7 heteroatoms. The number of sulfonamides is 1. The molecule has 3 rings (SSSR count). The molecule has 3 aromatic carbocycles. The van der Waals surface area contributed by atoms with E-state index < -0.39 is 10.0 Å². The van der Waals surface area contributed by atoms with Gasteiger partial charge in [-0.3, -0.25) is 9.10 Å². The lowest BCUT2D eigenvalue weighted by atomic mass is 10.1. The van der Waals surface area contributed by atoms with Gasteiger partial charge in [-0.1, -0.05) is 36.4 Å². The molecular weight excluding hydrogens is 424 g/mol. The van der Waals surface area contributed by atoms with Gasteiger partial charge in [-0.05, 0) is 66.4 Å². The van der Waals surface area contributed by atoms with E-state index in [9.17, 15) is 13.2 Å². The molecule has 32 heavy (non-hydrogen) atoms. The first-order valence-corrected chi connectivity index (χ1v) is 12.2. The smallest absolute Gasteiger partial charge is 0.251 e. The van der Waals surface area contributed by atoms with Crippen LogP contribution in [0.4, 0.5) is 5.69 Å². The lowest BCUT2D eigenvalue weighted by Crippen LogP contribution is -2.30. The third-order valence-electron chi connectivity index (χ3n) is 5.25. The van der Waals surface area contributed by atoms with E-state index in [0.717, 1.165) is 22.4 Å². The Bertz CT molecular complexity index is 1160. The molecule has 168 valence electrons. The molecule has 0 atom stereocenters. The molecule has 0 bridgehead atoms. The van der Waals surface area contributed by atoms with Gasteiger partial charge in [0.05, 0.1) is 25.6 Å². The molecule has 0 aliphatic heterocycles. The third-order valence-corrected chi connectivity index (χ3v) is 6.39. The predicted octanol–water partition coefficient (Wildman–Crippen LogP) is 3.94. The summed E-state index contributed by atoms with van der Waals surface area (Å²) in [5.41, 5.74) is 4.05. The number of nitrogens with one attached hydrogen (secondary N) is 1. The quantitative estimate of drug-likeness (QED) is 0.534. The zero-order valence-electron chi connectivity index (χ0n) is 18.5. The van der Waals surface area contributed by atoms with E-state index in [0.29, 0.717) is 24.2 Å². The van der Waals surface area contributed by atoms with Crippen molar-refractivity contribution in [3.05, 3.63) is 95.1 Å². The Morgan fingerprint density at radius 3 is 2.22 bits per heavy atom. The van der Waals surface area contributed by atoms with Crippen LogP contribution in [0.1, 0.15) is 27.0 Å². The van der Waals surface area contributed by atoms with E-state index in [1.807, 2.05) is 55.5 Å². The molecule has 0 spiro atoms. The van der Waals surface area contributed by atoms with Gasteiger partial charge in [-0.2, -0.15) is 0 Å². The molecule has 1 N–H and O–H groups in total. The first-order valence-electron chi connectivity index (χ1n) is 10.3. The Hall–Kier alpha value is -3.32. The zero-order chi connectivity index (χ0) is 23.1. The Morgan fingerprint density at radius 1 is 0.969 bits per heavy atom. The molecule has 0 heterocycles. The van der Waals surface area contributed by atoms with Gasteiger partial charge in [0.15, 0.2) is 0 Å². The van der Waals surface area contributed by atoms with Gasteiger partial charge in [0.2, 0.25) is 10.0 Å². The summed E-state index contributed by atoms with van der Waals surface area (Å²) >= 11 is 0. The fourth-order valence-electron chi connectivity index (χ4n) is 3.34. The monoisotopic (exact) mass is 452 g/mol. The number of carbonyl (C=O) groups excluding carboxylic acids is 1. The standard InChI is InChI=1S/C25H28N2O4S/c1-19-6-4-5-7-22(19)18-27(32(3,29)30)23-12-10-21(11-13-23)25(28)26-17-16-20-8-14-24(31-2)15-9-20/h4-15H,16-18H2,1-3H3,(H,26,28). The number of amides is 1. The Kier molecular flexibility index (Phi) is 7.53. The van der Waals surface area contributed by atoms with Crippen LogP contribution in [0.3, 0.4) is 0 Å². The largest absolute Gasteiger partial charge is 0.497 e. The highest BCUT2D eigenvalue weighted by molar-refractivity contribution is 7.92. The van der Waals surface area contributed by atoms with Crippen molar-refractivity contribution in [2.45, 2.75) is 19.9 Å². The van der Waals surface area contributed by atoms with Crippen molar-refractivity contribution >= 4 is 21.6 Å². The second-order valence-corrected chi connectivity index (χ2v) is 9.50. The van der Waals surface area contributed by atoms with Crippen LogP contribution >= 0.6 is 0 Å². The summed E-state index contributed by atoms with van der Waals surface area (Å²) in [4.78, 5) is 12.5. The number of aryl methyl sites for hydroxylation is 1. The first kappa shape index (κ1) is 23.3. The lowest BCUT2D eigenvalue weighted by molar-refractivity contribution is 0.0954. The van der Waals surface area contributed by atoms with Crippen LogP contribution in [0.2, 0.25) is 0 Å². The number of hydrogen-bond acceptors (Lipinski definition) is 4. The van der Waals surface area contributed by atoms with Crippen molar-refractivity contribution in [3.8, 4) is 5.75 Å². The van der Waals surface area contributed by atoms with E-state index in [1.165, 1.54) is 10.6 Å². The van der Waals surface area contributed by atoms with Gasteiger partial charge >= 0.3 is 0 Å². The molecular formula is C25H28N2O4S. The maximum atomic E-state index is 12.5. The van der Waals surface area contributed by atoms with Crippen molar-refractivity contribution < 1.29 is 17.9 Å². The van der Waals surface area contributed by atoms with Gasteiger partial charge in [0.25, 0.3) is 5.91 Å². The number of carbonyl (C=O) groups is 1. The zero-order valence-corrected chi connectivity index (χ0v) is 19.4. The van der Waals surface area contributed by atoms with E-state index in [1.54, 1.807) is 31.4 Å². The van der Waals surface area contributed by atoms with Crippen LogP contribution < -0.4 is 14.4 Å². The number of hydrogen-bond donors (Lipinski definition) is 1. The summed E-state index contributed by atoms with van der Waals surface area (Å²) < 4.78 is 31.3. The molecule has 0 aromatic heterocycles. The fraction of sp³-hybridized carbons (Fsp3) is 0.240. The van der Waals surface area contributed by atoms with Crippen molar-refractivity contribution in [2.75, 3.05) is 24.2 Å². The second-order valence-electron chi connectivity index (χ2n) is 7.60. The van der Waals surface area contributed by atoms with Crippen LogP contribution in [-0.4, -0.2) is 34.2 Å². The van der Waals surface area contributed by atoms with Gasteiger partial charge in [-0.25, -0.2) is 8.42 Å². The Balaban J connectivity index is 1.65. The minimum atomic E-state index is -3.49. The molecule has 0 unspecified atom stereocenters. The average Bonchev–Trinajstić information content (AvgIpc) is 2.78. The van der Waals surface area contributed by atoms with Crippen LogP contribution in [0.15, 0.2) is 72.8 Å². The number of ether oxygens (including phenoxy) is 1. The summed E-state index contributed by atoms with van der Waals surface area (Å²) in [5.74, 6) is 0.596. The van der Waals surface area contributed by atoms with E-state index >= 15 is 0 Å². The summed E-state index contributed by atoms with van der Waals surface area (Å²) in [6.45, 7) is 2.68. The number of nitrogens with zero attached hydrogens (tertiary/aromatic N) is 1. The molecule has 0 saturated carbocycles. The minimum absolute atomic E-state index is 0.199. The molecule has 0 fully saturated rings. The van der Waals surface area contributed by atoms with Gasteiger partial charge < -0.3 is 10.1 Å². The van der Waals surface area contributed by atoms with Gasteiger partial charge in [-0.15, -0.1) is 0 Å². The molecule has 0 saturated heterocycles. The number of benzene rings is 3. The predicted molar refractivity (Wildman–Crippen MR) is 128 cm³/mol. The van der Waals surface area contributed by atoms with Crippen LogP contribution in [-0.2, 0) is 23.0 Å². The van der Waals surface area contributed by atoms with Crippen molar-refractivity contribution in [3.63, 3.8) is 0 Å². The summed E-state index contributed by atoms with van der Waals surface area (Å²) in [7, 11) is -1.87. The van der Waals surface area contributed by atoms with Gasteiger partial charge in [0.1, 0.15) is 5.75 Å². The Morgan fingerprint density at radius 2 is 1.62 bits per heavy atom. The highest BCUT2D eigenvalue weighted by Gasteiger charge is 2.19. The highest BCUT2D eigenvalue weighted by atomic mass is 32.2. The van der Waals surface area contributed by atoms with Crippen LogP contribution in [0.25, 0.3) is 0 Å². The van der Waals surface area contributed by atoms with E-state index in [4.69, 9.17) is 4.74 Å². The van der Waals surface area contributed by atoms with Crippen LogP contribution in [0.5, 0.6) is 5.75 Å². The summed E-state index contributed by atoms with van der Waals surface area (Å²) in [6, 6.07) is 22.0. The third kappa shape index (κ3) is 6.11. The highest BCUT2D eigenvalue weighted by Crippen LogP contribution is 2.22. The average molecular weight is 453 g/mol. The van der Waals surface area contributed by atoms with Crippen molar-refractivity contribution in [1.29, 1.82) is 0 Å². The minimum Gasteiger partial charge on any atom is -0.497 e. The molecule has 0 radical (unpaired) electrons. The van der Waals surface area contributed by atoms with Crippen LogP contribution in [0, 0.1) is 6.92 Å². The molecule has 3 aromatic rings.